The quantitative estimate of drug-likeness (QED) is 0.757. The fourth-order valence-corrected chi connectivity index (χ4v) is 1.77. The van der Waals surface area contributed by atoms with Crippen LogP contribution < -0.4 is 0 Å². The van der Waals surface area contributed by atoms with Gasteiger partial charge in [0.05, 0.1) is 0 Å². The van der Waals surface area contributed by atoms with Gasteiger partial charge in [-0.05, 0) is 30.4 Å². The number of hydrogen-bond donors (Lipinski definition) is 0. The number of rotatable bonds is 6. The number of aromatic nitrogens is 1. The van der Waals surface area contributed by atoms with Gasteiger partial charge in [0.1, 0.15) is 0 Å². The zero-order chi connectivity index (χ0) is 12.7. The number of carbonyl (C=O) groups excluding carboxylic acids is 1. The number of carbonyl (C=O) groups is 1. The van der Waals surface area contributed by atoms with Crippen molar-refractivity contribution < 1.29 is 4.79 Å². The monoisotopic (exact) mass is 234 g/mol. The molecule has 3 heteroatoms. The maximum Gasteiger partial charge on any atom is 0.222 e. The summed E-state index contributed by atoms with van der Waals surface area (Å²) in [5, 5.41) is 0. The van der Waals surface area contributed by atoms with Gasteiger partial charge >= 0.3 is 0 Å². The summed E-state index contributed by atoms with van der Waals surface area (Å²) < 4.78 is 0. The highest BCUT2D eigenvalue weighted by Crippen LogP contribution is 2.07. The predicted molar refractivity (Wildman–Crippen MR) is 69.9 cm³/mol. The molecular formula is C14H22N2O. The summed E-state index contributed by atoms with van der Waals surface area (Å²) in [6.07, 6.45) is 7.10. The summed E-state index contributed by atoms with van der Waals surface area (Å²) in [4.78, 5) is 17.8. The molecule has 3 nitrogen and oxygen atoms in total. The van der Waals surface area contributed by atoms with Gasteiger partial charge in [0, 0.05) is 32.4 Å². The minimum Gasteiger partial charge on any atom is -0.346 e. The van der Waals surface area contributed by atoms with E-state index in [1.54, 1.807) is 4.90 Å². The molecule has 0 spiro atoms. The second-order valence-corrected chi connectivity index (χ2v) is 4.37. The van der Waals surface area contributed by atoms with Gasteiger partial charge in [0.15, 0.2) is 0 Å². The van der Waals surface area contributed by atoms with Crippen molar-refractivity contribution in [1.82, 2.24) is 9.88 Å². The molecule has 0 radical (unpaired) electrons. The molecule has 0 aliphatic rings. The molecule has 94 valence electrons. The molecule has 0 aliphatic heterocycles. The summed E-state index contributed by atoms with van der Waals surface area (Å²) in [5.41, 5.74) is 2.39. The molecule has 0 unspecified atom stereocenters. The Balaban J connectivity index is 2.46. The lowest BCUT2D eigenvalue weighted by atomic mass is 10.1. The third kappa shape index (κ3) is 4.55. The molecule has 0 bridgehead atoms. The van der Waals surface area contributed by atoms with Crippen LogP contribution in [0, 0.1) is 0 Å². The lowest BCUT2D eigenvalue weighted by Gasteiger charge is -2.15. The Morgan fingerprint density at radius 3 is 2.65 bits per heavy atom. The second kappa shape index (κ2) is 7.05. The molecule has 1 amide bonds. The molecule has 1 rings (SSSR count). The normalized spacial score (nSPS) is 10.3. The van der Waals surface area contributed by atoms with Gasteiger partial charge in [0.25, 0.3) is 0 Å². The molecule has 0 aliphatic carbocycles. The van der Waals surface area contributed by atoms with E-state index in [0.29, 0.717) is 6.42 Å². The Morgan fingerprint density at radius 2 is 2.00 bits per heavy atom. The number of nitrogens with zero attached hydrogens (tertiary/aromatic N) is 2. The van der Waals surface area contributed by atoms with E-state index in [-0.39, 0.29) is 5.91 Å². The lowest BCUT2D eigenvalue weighted by molar-refractivity contribution is -0.129. The van der Waals surface area contributed by atoms with E-state index in [2.05, 4.69) is 24.9 Å². The van der Waals surface area contributed by atoms with Crippen LogP contribution in [0.2, 0.25) is 0 Å². The van der Waals surface area contributed by atoms with E-state index in [0.717, 1.165) is 31.4 Å². The van der Waals surface area contributed by atoms with Crippen molar-refractivity contribution in [3.8, 4) is 0 Å². The van der Waals surface area contributed by atoms with Crippen molar-refractivity contribution in [3.05, 3.63) is 29.6 Å². The molecule has 0 aromatic carbocycles. The van der Waals surface area contributed by atoms with E-state index in [1.165, 1.54) is 5.56 Å². The highest BCUT2D eigenvalue weighted by Gasteiger charge is 2.07. The highest BCUT2D eigenvalue weighted by atomic mass is 16.2. The van der Waals surface area contributed by atoms with Gasteiger partial charge in [-0.15, -0.1) is 0 Å². The molecule has 0 saturated heterocycles. The largest absolute Gasteiger partial charge is 0.346 e. The number of pyridine rings is 1. The molecule has 1 aromatic rings. The van der Waals surface area contributed by atoms with Crippen molar-refractivity contribution in [2.45, 2.75) is 39.5 Å². The van der Waals surface area contributed by atoms with E-state index in [9.17, 15) is 4.79 Å². The van der Waals surface area contributed by atoms with Crippen LogP contribution >= 0.6 is 0 Å². The molecule has 0 atom stereocenters. The average Bonchev–Trinajstić information content (AvgIpc) is 2.36. The van der Waals surface area contributed by atoms with Crippen LogP contribution in [-0.4, -0.2) is 29.4 Å². The topological polar surface area (TPSA) is 33.2 Å². The Kier molecular flexibility index (Phi) is 5.67. The first-order valence-corrected chi connectivity index (χ1v) is 6.34. The van der Waals surface area contributed by atoms with Crippen LogP contribution in [-0.2, 0) is 17.6 Å². The third-order valence-electron chi connectivity index (χ3n) is 2.87. The molecule has 0 fully saturated rings. The summed E-state index contributed by atoms with van der Waals surface area (Å²) >= 11 is 0. The van der Waals surface area contributed by atoms with Crippen molar-refractivity contribution in [1.29, 1.82) is 0 Å². The molecular weight excluding hydrogens is 212 g/mol. The molecule has 1 heterocycles. The van der Waals surface area contributed by atoms with Gasteiger partial charge in [-0.2, -0.15) is 0 Å². The average molecular weight is 234 g/mol. The minimum atomic E-state index is 0.216. The van der Waals surface area contributed by atoms with Gasteiger partial charge in [-0.25, -0.2) is 0 Å². The second-order valence-electron chi connectivity index (χ2n) is 4.37. The van der Waals surface area contributed by atoms with E-state index >= 15 is 0 Å². The highest BCUT2D eigenvalue weighted by molar-refractivity contribution is 5.76. The first kappa shape index (κ1) is 13.7. The smallest absolute Gasteiger partial charge is 0.222 e. The molecule has 0 saturated carbocycles. The van der Waals surface area contributed by atoms with Crippen LogP contribution in [0.25, 0.3) is 0 Å². The summed E-state index contributed by atoms with van der Waals surface area (Å²) in [5.74, 6) is 0.216. The summed E-state index contributed by atoms with van der Waals surface area (Å²) in [6, 6.07) is 2.14. The fourth-order valence-electron chi connectivity index (χ4n) is 1.77. The molecule has 17 heavy (non-hydrogen) atoms. The van der Waals surface area contributed by atoms with E-state index in [4.69, 9.17) is 0 Å². The van der Waals surface area contributed by atoms with E-state index in [1.807, 2.05) is 19.4 Å². The van der Waals surface area contributed by atoms with Crippen LogP contribution in [0.5, 0.6) is 0 Å². The number of aryl methyl sites for hydroxylation is 2. The fraction of sp³-hybridized carbons (Fsp3) is 0.571. The van der Waals surface area contributed by atoms with Crippen LogP contribution in [0.3, 0.4) is 0 Å². The third-order valence-corrected chi connectivity index (χ3v) is 2.87. The Hall–Kier alpha value is -1.38. The standard InChI is InChI=1S/C14H22N2O/c1-4-8-16(3)14(17)7-6-13-9-12(5-2)10-15-11-13/h9-11H,4-8H2,1-3H3. The van der Waals surface area contributed by atoms with Crippen LogP contribution in [0.15, 0.2) is 18.5 Å². The van der Waals surface area contributed by atoms with Crippen LogP contribution in [0.1, 0.15) is 37.8 Å². The predicted octanol–water partition coefficient (Wildman–Crippen LogP) is 2.45. The first-order valence-electron chi connectivity index (χ1n) is 6.34. The summed E-state index contributed by atoms with van der Waals surface area (Å²) in [7, 11) is 1.87. The van der Waals surface area contributed by atoms with Crippen molar-refractivity contribution in [2.24, 2.45) is 0 Å². The lowest BCUT2D eigenvalue weighted by Crippen LogP contribution is -2.27. The zero-order valence-electron chi connectivity index (χ0n) is 11.1. The maximum atomic E-state index is 11.8. The number of hydrogen-bond acceptors (Lipinski definition) is 2. The van der Waals surface area contributed by atoms with Gasteiger partial charge in [-0.3, -0.25) is 9.78 Å². The Labute approximate surface area is 104 Å². The molecule has 0 N–H and O–H groups in total. The van der Waals surface area contributed by atoms with Crippen molar-refractivity contribution in [2.75, 3.05) is 13.6 Å². The van der Waals surface area contributed by atoms with Gasteiger partial charge in [0.2, 0.25) is 5.91 Å². The zero-order valence-corrected chi connectivity index (χ0v) is 11.1. The SMILES string of the molecule is CCCN(C)C(=O)CCc1cncc(CC)c1. The maximum absolute atomic E-state index is 11.8. The van der Waals surface area contributed by atoms with Crippen molar-refractivity contribution >= 4 is 5.91 Å². The minimum absolute atomic E-state index is 0.216. The Morgan fingerprint density at radius 1 is 1.29 bits per heavy atom. The molecule has 1 aromatic heterocycles. The first-order chi connectivity index (χ1) is 8.17. The van der Waals surface area contributed by atoms with Crippen molar-refractivity contribution in [3.63, 3.8) is 0 Å². The Bertz CT molecular complexity index is 363. The van der Waals surface area contributed by atoms with E-state index < -0.39 is 0 Å². The summed E-state index contributed by atoms with van der Waals surface area (Å²) in [6.45, 7) is 5.03. The number of amides is 1. The van der Waals surface area contributed by atoms with Gasteiger partial charge < -0.3 is 4.90 Å². The van der Waals surface area contributed by atoms with Gasteiger partial charge in [-0.1, -0.05) is 19.9 Å². The van der Waals surface area contributed by atoms with Crippen LogP contribution in [0.4, 0.5) is 0 Å².